The Kier molecular flexibility index (Phi) is 8.55. The number of halogens is 6. The Labute approximate surface area is 193 Å². The second-order valence-corrected chi connectivity index (χ2v) is 11.2. The van der Waals surface area contributed by atoms with Crippen LogP contribution in [0.5, 0.6) is 0 Å². The molecule has 2 N–H and O–H groups in total. The Morgan fingerprint density at radius 1 is 1.00 bits per heavy atom. The molecule has 0 aromatic carbocycles. The molecule has 0 radical (unpaired) electrons. The highest BCUT2D eigenvalue weighted by Gasteiger charge is 2.70. The van der Waals surface area contributed by atoms with Gasteiger partial charge in [-0.3, -0.25) is 0 Å². The second-order valence-electron chi connectivity index (χ2n) is 11.2. The highest BCUT2D eigenvalue weighted by atomic mass is 19.4. The molecule has 2 fully saturated rings. The monoisotopic (exact) mass is 484 g/mol. The molecule has 2 saturated carbocycles. The van der Waals surface area contributed by atoms with Crippen LogP contribution in [0.1, 0.15) is 91.9 Å². The fraction of sp³-hybridized carbons (Fsp3) is 0.920. The molecule has 2 aliphatic carbocycles. The van der Waals surface area contributed by atoms with Gasteiger partial charge in [0.25, 0.3) is 0 Å². The summed E-state index contributed by atoms with van der Waals surface area (Å²) >= 11 is 0. The molecular weight excluding hydrogens is 446 g/mol. The summed E-state index contributed by atoms with van der Waals surface area (Å²) in [6.45, 7) is 8.18. The molecule has 2 rings (SSSR count). The lowest BCUT2D eigenvalue weighted by molar-refractivity contribution is -0.343. The highest BCUT2D eigenvalue weighted by molar-refractivity contribution is 5.22. The third kappa shape index (κ3) is 5.83. The Balaban J connectivity index is 2.40. The van der Waals surface area contributed by atoms with E-state index in [-0.39, 0.29) is 23.7 Å². The van der Waals surface area contributed by atoms with Crippen molar-refractivity contribution in [2.45, 2.75) is 116 Å². The Morgan fingerprint density at radius 3 is 2.15 bits per heavy atom. The Bertz CT molecular complexity index is 705. The summed E-state index contributed by atoms with van der Waals surface area (Å²) in [6, 6.07) is 0. The van der Waals surface area contributed by atoms with E-state index in [0.29, 0.717) is 12.3 Å². The van der Waals surface area contributed by atoms with Crippen LogP contribution >= 0.6 is 0 Å². The van der Waals surface area contributed by atoms with E-state index in [2.05, 4.69) is 26.7 Å². The van der Waals surface area contributed by atoms with Gasteiger partial charge in [0.05, 0.1) is 6.10 Å². The van der Waals surface area contributed by atoms with Crippen molar-refractivity contribution in [3.05, 3.63) is 0 Å². The van der Waals surface area contributed by atoms with E-state index >= 15 is 0 Å². The minimum atomic E-state index is -5.94. The van der Waals surface area contributed by atoms with E-state index in [1.54, 1.807) is 0 Å². The predicted molar refractivity (Wildman–Crippen MR) is 115 cm³/mol. The summed E-state index contributed by atoms with van der Waals surface area (Å²) in [5, 5.41) is 20.2. The van der Waals surface area contributed by atoms with Crippen molar-refractivity contribution in [2.75, 3.05) is 0 Å². The average molecular weight is 485 g/mol. The summed E-state index contributed by atoms with van der Waals surface area (Å²) in [7, 11) is 0. The summed E-state index contributed by atoms with van der Waals surface area (Å²) in [4.78, 5) is 0. The van der Waals surface area contributed by atoms with Gasteiger partial charge in [0.2, 0.25) is 0 Å². The minimum absolute atomic E-state index is 0.0223. The SMILES string of the molecule is CC(C)CCC[C@@](C)(CC#CC(O)(C(F)(F)F)C(F)(F)F)[C@H]1CCC2C(O)CCCCC21C. The quantitative estimate of drug-likeness (QED) is 0.314. The first-order chi connectivity index (χ1) is 15.0. The number of fused-ring (bicyclic) bond motifs is 1. The fourth-order valence-corrected chi connectivity index (χ4v) is 6.44. The first-order valence-corrected chi connectivity index (χ1v) is 12.0. The van der Waals surface area contributed by atoms with Gasteiger partial charge in [-0.15, -0.1) is 0 Å². The third-order valence-corrected chi connectivity index (χ3v) is 8.29. The van der Waals surface area contributed by atoms with E-state index in [4.69, 9.17) is 0 Å². The largest absolute Gasteiger partial charge is 0.438 e. The molecule has 33 heavy (non-hydrogen) atoms. The van der Waals surface area contributed by atoms with Crippen molar-refractivity contribution in [3.8, 4) is 11.8 Å². The third-order valence-electron chi connectivity index (χ3n) is 8.29. The zero-order valence-electron chi connectivity index (χ0n) is 20.0. The zero-order valence-corrected chi connectivity index (χ0v) is 20.0. The minimum Gasteiger partial charge on any atom is -0.393 e. The molecule has 2 nitrogen and oxygen atoms in total. The van der Waals surface area contributed by atoms with Crippen LogP contribution in [0.15, 0.2) is 0 Å². The molecule has 5 atom stereocenters. The van der Waals surface area contributed by atoms with Gasteiger partial charge < -0.3 is 10.2 Å². The maximum atomic E-state index is 13.1. The van der Waals surface area contributed by atoms with Crippen LogP contribution in [0.4, 0.5) is 26.3 Å². The topological polar surface area (TPSA) is 40.5 Å². The van der Waals surface area contributed by atoms with Crippen molar-refractivity contribution in [3.63, 3.8) is 0 Å². The number of aliphatic hydroxyl groups is 2. The molecule has 0 heterocycles. The van der Waals surface area contributed by atoms with E-state index < -0.39 is 29.5 Å². The summed E-state index contributed by atoms with van der Waals surface area (Å²) in [6.07, 6.45) is -5.16. The maximum Gasteiger partial charge on any atom is 0.438 e. The summed E-state index contributed by atoms with van der Waals surface area (Å²) in [5.41, 5.74) is -5.90. The lowest BCUT2D eigenvalue weighted by Gasteiger charge is -2.47. The smallest absolute Gasteiger partial charge is 0.393 e. The maximum absolute atomic E-state index is 13.1. The molecule has 192 valence electrons. The van der Waals surface area contributed by atoms with Crippen molar-refractivity contribution in [2.24, 2.45) is 28.6 Å². The van der Waals surface area contributed by atoms with E-state index in [1.807, 2.05) is 6.92 Å². The first kappa shape index (κ1) is 28.3. The van der Waals surface area contributed by atoms with Gasteiger partial charge in [0, 0.05) is 6.42 Å². The van der Waals surface area contributed by atoms with E-state index in [0.717, 1.165) is 51.4 Å². The Hall–Kier alpha value is -0.940. The Morgan fingerprint density at radius 2 is 1.61 bits per heavy atom. The molecule has 0 aromatic heterocycles. The molecule has 0 aromatic rings. The van der Waals surface area contributed by atoms with Gasteiger partial charge in [0.1, 0.15) is 0 Å². The normalized spacial score (nSPS) is 30.9. The molecule has 0 amide bonds. The molecule has 0 bridgehead atoms. The summed E-state index contributed by atoms with van der Waals surface area (Å²) in [5.74, 6) is 3.82. The van der Waals surface area contributed by atoms with Crippen LogP contribution in [0.2, 0.25) is 0 Å². The van der Waals surface area contributed by atoms with E-state index in [9.17, 15) is 36.6 Å². The van der Waals surface area contributed by atoms with Gasteiger partial charge >= 0.3 is 18.0 Å². The number of aliphatic hydroxyl groups excluding tert-OH is 1. The van der Waals surface area contributed by atoms with Gasteiger partial charge in [-0.1, -0.05) is 59.3 Å². The number of hydrogen-bond acceptors (Lipinski definition) is 2. The van der Waals surface area contributed by atoms with Crippen LogP contribution in [0.25, 0.3) is 0 Å². The van der Waals surface area contributed by atoms with Crippen molar-refractivity contribution >= 4 is 0 Å². The van der Waals surface area contributed by atoms with Crippen LogP contribution < -0.4 is 0 Å². The van der Waals surface area contributed by atoms with Crippen molar-refractivity contribution < 1.29 is 36.6 Å². The molecular formula is C25H38F6O2. The standard InChI is InChI=1S/C25H38F6O2/c1-17(2)9-7-13-21(3,14-8-16-23(33,24(26,27)28)25(29,30)31)20-12-11-18-19(32)10-5-6-15-22(18,20)4/h17-20,32-33H,5-7,9-15H2,1-4H3/t18?,19?,20-,21+,22?/m1/s1. The highest BCUT2D eigenvalue weighted by Crippen LogP contribution is 2.61. The second kappa shape index (κ2) is 9.97. The van der Waals surface area contributed by atoms with Crippen LogP contribution in [-0.2, 0) is 0 Å². The molecule has 2 aliphatic rings. The lowest BCUT2D eigenvalue weighted by atomic mass is 9.58. The first-order valence-electron chi connectivity index (χ1n) is 12.0. The zero-order chi connectivity index (χ0) is 25.3. The van der Waals surface area contributed by atoms with Crippen LogP contribution in [0, 0.1) is 40.4 Å². The summed E-state index contributed by atoms with van der Waals surface area (Å²) < 4.78 is 78.5. The molecule has 8 heteroatoms. The number of rotatable bonds is 6. The van der Waals surface area contributed by atoms with Gasteiger partial charge in [0.15, 0.2) is 0 Å². The molecule has 0 aliphatic heterocycles. The molecule has 0 spiro atoms. The molecule has 0 saturated heterocycles. The van der Waals surface area contributed by atoms with Gasteiger partial charge in [-0.2, -0.15) is 26.3 Å². The molecule has 3 unspecified atom stereocenters. The van der Waals surface area contributed by atoms with Crippen molar-refractivity contribution in [1.29, 1.82) is 0 Å². The van der Waals surface area contributed by atoms with Gasteiger partial charge in [-0.05, 0) is 66.6 Å². The van der Waals surface area contributed by atoms with Crippen molar-refractivity contribution in [1.82, 2.24) is 0 Å². The van der Waals surface area contributed by atoms with Crippen LogP contribution in [-0.4, -0.2) is 34.3 Å². The average Bonchev–Trinajstić information content (AvgIpc) is 2.93. The van der Waals surface area contributed by atoms with Crippen LogP contribution in [0.3, 0.4) is 0 Å². The fourth-order valence-electron chi connectivity index (χ4n) is 6.44. The predicted octanol–water partition coefficient (Wildman–Crippen LogP) is 7.04. The van der Waals surface area contributed by atoms with E-state index in [1.165, 1.54) is 5.92 Å². The number of hydrogen-bond donors (Lipinski definition) is 2. The van der Waals surface area contributed by atoms with Gasteiger partial charge in [-0.25, -0.2) is 0 Å². The lowest BCUT2D eigenvalue weighted by Crippen LogP contribution is -2.55. The number of alkyl halides is 6.